The van der Waals surface area contributed by atoms with Crippen molar-refractivity contribution < 1.29 is 14.3 Å². The van der Waals surface area contributed by atoms with Gasteiger partial charge in [0.25, 0.3) is 0 Å². The molecule has 2 N–H and O–H groups in total. The first-order valence-corrected chi connectivity index (χ1v) is 12.7. The van der Waals surface area contributed by atoms with Gasteiger partial charge in [-0.25, -0.2) is 9.59 Å². The monoisotopic (exact) mass is 507 g/mol. The molecule has 4 rings (SSSR count). The van der Waals surface area contributed by atoms with Crippen LogP contribution >= 0.6 is 0 Å². The lowest BCUT2D eigenvalue weighted by molar-refractivity contribution is 0.0466. The summed E-state index contributed by atoms with van der Waals surface area (Å²) < 4.78 is 5.56. The fourth-order valence-corrected chi connectivity index (χ4v) is 3.91. The minimum Gasteiger partial charge on any atom is -0.456 e. The van der Waals surface area contributed by atoms with Gasteiger partial charge in [0.2, 0.25) is 0 Å². The Labute approximate surface area is 224 Å². The molecule has 6 nitrogen and oxygen atoms in total. The highest BCUT2D eigenvalue weighted by Gasteiger charge is 2.23. The second-order valence-corrected chi connectivity index (χ2v) is 9.36. The summed E-state index contributed by atoms with van der Waals surface area (Å²) in [6.45, 7) is 5.03. The maximum atomic E-state index is 13.6. The van der Waals surface area contributed by atoms with Gasteiger partial charge in [-0.15, -0.1) is 0 Å². The Balaban J connectivity index is 1.63. The van der Waals surface area contributed by atoms with Gasteiger partial charge < -0.3 is 15.0 Å². The van der Waals surface area contributed by atoms with E-state index >= 15 is 0 Å². The van der Waals surface area contributed by atoms with Crippen molar-refractivity contribution in [2.45, 2.75) is 33.5 Å². The number of urea groups is 1. The summed E-state index contributed by atoms with van der Waals surface area (Å²) >= 11 is 0. The fraction of sp³-hybridized carbons (Fsp3) is 0.188. The molecule has 3 aromatic carbocycles. The average Bonchev–Trinajstić information content (AvgIpc) is 3.38. The van der Waals surface area contributed by atoms with Crippen LogP contribution in [-0.2, 0) is 24.4 Å². The fourth-order valence-electron chi connectivity index (χ4n) is 3.91. The Kier molecular flexibility index (Phi) is 9.13. The molecule has 0 radical (unpaired) electrons. The molecule has 0 unspecified atom stereocenters. The number of hydrogen-bond acceptors (Lipinski definition) is 3. The lowest BCUT2D eigenvalue weighted by Crippen LogP contribution is -2.39. The summed E-state index contributed by atoms with van der Waals surface area (Å²) in [5.74, 6) is -0.197. The lowest BCUT2D eigenvalue weighted by atomic mass is 10.1. The second kappa shape index (κ2) is 13.1. The Morgan fingerprint density at radius 3 is 2.05 bits per heavy atom. The summed E-state index contributed by atoms with van der Waals surface area (Å²) in [6, 6.07) is 30.5. The summed E-state index contributed by atoms with van der Waals surface area (Å²) in [6.07, 6.45) is 3.94. The molecule has 4 aromatic rings. The van der Waals surface area contributed by atoms with Crippen molar-refractivity contribution in [2.24, 2.45) is 5.92 Å². The van der Waals surface area contributed by atoms with Crippen LogP contribution in [0.3, 0.4) is 0 Å². The van der Waals surface area contributed by atoms with Gasteiger partial charge >= 0.3 is 12.0 Å². The first-order valence-electron chi connectivity index (χ1n) is 12.7. The van der Waals surface area contributed by atoms with Crippen LogP contribution in [0.2, 0.25) is 0 Å². The van der Waals surface area contributed by atoms with Crippen LogP contribution in [0.4, 0.5) is 10.5 Å². The Hall–Kier alpha value is -4.58. The van der Waals surface area contributed by atoms with E-state index in [-0.39, 0.29) is 24.2 Å². The number of rotatable bonds is 10. The molecule has 0 atom stereocenters. The van der Waals surface area contributed by atoms with Crippen molar-refractivity contribution in [3.05, 3.63) is 131 Å². The average molecular weight is 508 g/mol. The van der Waals surface area contributed by atoms with E-state index in [9.17, 15) is 9.59 Å². The first kappa shape index (κ1) is 26.5. The lowest BCUT2D eigenvalue weighted by Gasteiger charge is -2.23. The van der Waals surface area contributed by atoms with Gasteiger partial charge in [0.1, 0.15) is 12.3 Å². The molecule has 2 amide bonds. The number of anilines is 1. The Bertz CT molecular complexity index is 1350. The standard InChI is InChI=1S/C32H33N3O3/c1-24(2)18-19-28-30(20-29(34-28)31(36)38-23-27-16-10-5-11-17-27)35(22-26-14-8-4-9-15-26)32(37)33-21-25-12-6-3-7-13-25/h3-20,24,34H,21-23H2,1-2H3,(H,33,37)/b19-18+. The Morgan fingerprint density at radius 1 is 0.868 bits per heavy atom. The van der Waals surface area contributed by atoms with Crippen molar-refractivity contribution >= 4 is 23.8 Å². The molecule has 0 saturated carbocycles. The number of ether oxygens (including phenoxy) is 1. The molecule has 0 fully saturated rings. The zero-order chi connectivity index (χ0) is 26.7. The van der Waals surface area contributed by atoms with Gasteiger partial charge in [-0.3, -0.25) is 4.90 Å². The number of nitrogens with one attached hydrogen (secondary N) is 2. The largest absolute Gasteiger partial charge is 0.456 e. The van der Waals surface area contributed by atoms with Crippen LogP contribution in [0.25, 0.3) is 6.08 Å². The predicted octanol–water partition coefficient (Wildman–Crippen LogP) is 6.96. The van der Waals surface area contributed by atoms with Gasteiger partial charge in [0.15, 0.2) is 0 Å². The number of hydrogen-bond donors (Lipinski definition) is 2. The minimum atomic E-state index is -0.483. The van der Waals surface area contributed by atoms with E-state index in [1.165, 1.54) is 0 Å². The molecule has 0 bridgehead atoms. The third-order valence-electron chi connectivity index (χ3n) is 5.91. The van der Waals surface area contributed by atoms with Crippen LogP contribution < -0.4 is 10.2 Å². The van der Waals surface area contributed by atoms with E-state index in [0.29, 0.717) is 24.5 Å². The topological polar surface area (TPSA) is 74.4 Å². The van der Waals surface area contributed by atoms with E-state index in [1.807, 2.05) is 103 Å². The minimum absolute atomic E-state index is 0.163. The highest BCUT2D eigenvalue weighted by atomic mass is 16.5. The van der Waals surface area contributed by atoms with Crippen molar-refractivity contribution in [1.29, 1.82) is 0 Å². The molecular weight excluding hydrogens is 474 g/mol. The van der Waals surface area contributed by atoms with Crippen molar-refractivity contribution in [1.82, 2.24) is 10.3 Å². The number of allylic oxidation sites excluding steroid dienone is 1. The molecule has 0 spiro atoms. The SMILES string of the molecule is CC(C)/C=C/c1[nH]c(C(=O)OCc2ccccc2)cc1N(Cc1ccccc1)C(=O)NCc1ccccc1. The zero-order valence-electron chi connectivity index (χ0n) is 21.8. The van der Waals surface area contributed by atoms with Crippen molar-refractivity contribution in [3.8, 4) is 0 Å². The number of benzene rings is 3. The van der Waals surface area contributed by atoms with Gasteiger partial charge in [-0.2, -0.15) is 0 Å². The van der Waals surface area contributed by atoms with E-state index in [2.05, 4.69) is 24.1 Å². The van der Waals surface area contributed by atoms with E-state index in [4.69, 9.17) is 4.74 Å². The third kappa shape index (κ3) is 7.46. The number of esters is 1. The van der Waals surface area contributed by atoms with Crippen molar-refractivity contribution in [2.75, 3.05) is 4.90 Å². The summed E-state index contributed by atoms with van der Waals surface area (Å²) in [5, 5.41) is 3.03. The molecule has 0 aliphatic carbocycles. The van der Waals surface area contributed by atoms with Crippen LogP contribution in [-0.4, -0.2) is 17.0 Å². The number of aromatic amines is 1. The smallest absolute Gasteiger partial charge is 0.355 e. The summed E-state index contributed by atoms with van der Waals surface area (Å²) in [7, 11) is 0. The van der Waals surface area contributed by atoms with Gasteiger partial charge in [0.05, 0.1) is 17.9 Å². The van der Waals surface area contributed by atoms with Gasteiger partial charge in [-0.1, -0.05) is 111 Å². The number of H-pyrrole nitrogens is 1. The van der Waals surface area contributed by atoms with Gasteiger partial charge in [-0.05, 0) is 34.8 Å². The molecule has 0 aliphatic rings. The van der Waals surface area contributed by atoms with E-state index in [1.54, 1.807) is 11.0 Å². The third-order valence-corrected chi connectivity index (χ3v) is 5.91. The Morgan fingerprint density at radius 2 is 1.45 bits per heavy atom. The molecule has 6 heteroatoms. The molecule has 1 heterocycles. The second-order valence-electron chi connectivity index (χ2n) is 9.36. The van der Waals surface area contributed by atoms with Crippen LogP contribution in [0.1, 0.15) is 46.7 Å². The number of carbonyl (C=O) groups is 2. The van der Waals surface area contributed by atoms with E-state index in [0.717, 1.165) is 16.7 Å². The van der Waals surface area contributed by atoms with E-state index < -0.39 is 5.97 Å². The molecule has 194 valence electrons. The number of carbonyl (C=O) groups excluding carboxylic acids is 2. The van der Waals surface area contributed by atoms with Crippen LogP contribution in [0, 0.1) is 5.92 Å². The summed E-state index contributed by atoms with van der Waals surface area (Å²) in [5.41, 5.74) is 4.42. The molecule has 38 heavy (non-hydrogen) atoms. The normalized spacial score (nSPS) is 11.0. The van der Waals surface area contributed by atoms with Crippen molar-refractivity contribution in [3.63, 3.8) is 0 Å². The predicted molar refractivity (Wildman–Crippen MR) is 152 cm³/mol. The molecular formula is C32H33N3O3. The highest BCUT2D eigenvalue weighted by molar-refractivity contribution is 5.97. The maximum absolute atomic E-state index is 13.6. The number of aromatic nitrogens is 1. The summed E-state index contributed by atoms with van der Waals surface area (Å²) in [4.78, 5) is 31.4. The number of nitrogens with zero attached hydrogens (tertiary/aromatic N) is 1. The molecule has 0 aliphatic heterocycles. The quantitative estimate of drug-likeness (QED) is 0.228. The number of amides is 2. The maximum Gasteiger partial charge on any atom is 0.355 e. The molecule has 1 aromatic heterocycles. The zero-order valence-corrected chi connectivity index (χ0v) is 21.8. The van der Waals surface area contributed by atoms with Crippen LogP contribution in [0.15, 0.2) is 103 Å². The molecule has 0 saturated heterocycles. The first-order chi connectivity index (χ1) is 18.5. The van der Waals surface area contributed by atoms with Gasteiger partial charge in [0, 0.05) is 6.54 Å². The van der Waals surface area contributed by atoms with Crippen LogP contribution in [0.5, 0.6) is 0 Å². The highest BCUT2D eigenvalue weighted by Crippen LogP contribution is 2.27.